The molecule has 1 saturated heterocycles. The third-order valence-corrected chi connectivity index (χ3v) is 4.10. The van der Waals surface area contributed by atoms with Crippen molar-refractivity contribution in [2.24, 2.45) is 5.41 Å². The molecule has 1 amide bonds. The summed E-state index contributed by atoms with van der Waals surface area (Å²) in [5, 5.41) is 18.6. The average molecular weight is 284 g/mol. The van der Waals surface area contributed by atoms with Gasteiger partial charge in [0.25, 0.3) is 5.91 Å². The molecule has 1 heterocycles. The maximum absolute atomic E-state index is 12.6. The fourth-order valence-corrected chi connectivity index (χ4v) is 2.95. The highest BCUT2D eigenvalue weighted by atomic mass is 16.3. The maximum atomic E-state index is 12.6. The Morgan fingerprint density at radius 1 is 1.57 bits per heavy atom. The number of nitriles is 1. The van der Waals surface area contributed by atoms with E-state index in [1.54, 1.807) is 35.2 Å². The van der Waals surface area contributed by atoms with Crippen LogP contribution in [0, 0.1) is 16.7 Å². The first-order chi connectivity index (χ1) is 10.1. The van der Waals surface area contributed by atoms with Gasteiger partial charge in [0.2, 0.25) is 0 Å². The molecule has 1 atom stereocenters. The molecule has 110 valence electrons. The molecule has 1 aromatic carbocycles. The maximum Gasteiger partial charge on any atom is 0.253 e. The van der Waals surface area contributed by atoms with Crippen LogP contribution in [0.25, 0.3) is 0 Å². The number of aliphatic hydroxyl groups is 1. The van der Waals surface area contributed by atoms with E-state index in [2.05, 4.69) is 6.58 Å². The Morgan fingerprint density at radius 2 is 2.38 bits per heavy atom. The van der Waals surface area contributed by atoms with Gasteiger partial charge in [-0.1, -0.05) is 12.1 Å². The van der Waals surface area contributed by atoms with Crippen molar-refractivity contribution in [2.75, 3.05) is 19.7 Å². The minimum atomic E-state index is -0.275. The van der Waals surface area contributed by atoms with E-state index >= 15 is 0 Å². The number of amides is 1. The number of likely N-dealkylation sites (tertiary alicyclic amines) is 1. The van der Waals surface area contributed by atoms with Gasteiger partial charge < -0.3 is 10.0 Å². The molecular weight excluding hydrogens is 264 g/mol. The van der Waals surface area contributed by atoms with E-state index in [0.717, 1.165) is 12.8 Å². The van der Waals surface area contributed by atoms with Gasteiger partial charge in [0.05, 0.1) is 18.2 Å². The molecule has 2 rings (SSSR count). The van der Waals surface area contributed by atoms with Crippen LogP contribution >= 0.6 is 0 Å². The van der Waals surface area contributed by atoms with Crippen molar-refractivity contribution in [3.05, 3.63) is 48.0 Å². The lowest BCUT2D eigenvalue weighted by molar-refractivity contribution is 0.0285. The van der Waals surface area contributed by atoms with Gasteiger partial charge >= 0.3 is 0 Å². The van der Waals surface area contributed by atoms with Crippen LogP contribution in [-0.4, -0.2) is 35.6 Å². The lowest BCUT2D eigenvalue weighted by Crippen LogP contribution is -2.47. The van der Waals surface area contributed by atoms with Gasteiger partial charge in [-0.05, 0) is 37.5 Å². The van der Waals surface area contributed by atoms with Gasteiger partial charge in [0.15, 0.2) is 0 Å². The van der Waals surface area contributed by atoms with Crippen molar-refractivity contribution >= 4 is 5.91 Å². The number of hydrogen-bond donors (Lipinski definition) is 1. The monoisotopic (exact) mass is 284 g/mol. The first kappa shape index (κ1) is 15.3. The Kier molecular flexibility index (Phi) is 4.77. The number of rotatable bonds is 4. The fraction of sp³-hybridized carbons (Fsp3) is 0.412. The Hall–Kier alpha value is -2.12. The SMILES string of the molecule is C=CCC1(CO)CCCN(C(=O)c2cccc(C#N)c2)C1. The zero-order valence-electron chi connectivity index (χ0n) is 12.1. The molecule has 4 nitrogen and oxygen atoms in total. The van der Waals surface area contributed by atoms with Crippen LogP contribution in [0.2, 0.25) is 0 Å². The second kappa shape index (κ2) is 6.55. The summed E-state index contributed by atoms with van der Waals surface area (Å²) in [4.78, 5) is 14.4. The molecule has 1 N–H and O–H groups in total. The van der Waals surface area contributed by atoms with Crippen LogP contribution in [0.3, 0.4) is 0 Å². The molecule has 0 aromatic heterocycles. The molecule has 0 bridgehead atoms. The highest BCUT2D eigenvalue weighted by molar-refractivity contribution is 5.94. The first-order valence-corrected chi connectivity index (χ1v) is 7.15. The third kappa shape index (κ3) is 3.32. The van der Waals surface area contributed by atoms with Crippen LogP contribution in [-0.2, 0) is 0 Å². The number of carbonyl (C=O) groups is 1. The second-order valence-corrected chi connectivity index (χ2v) is 5.67. The quantitative estimate of drug-likeness (QED) is 0.863. The number of benzene rings is 1. The standard InChI is InChI=1S/C17H20N2O2/c1-2-7-17(13-20)8-4-9-19(12-17)16(21)15-6-3-5-14(10-15)11-18/h2-3,5-6,10,20H,1,4,7-9,12-13H2. The van der Waals surface area contributed by atoms with Crippen molar-refractivity contribution < 1.29 is 9.90 Å². The Balaban J connectivity index is 2.19. The molecule has 1 aromatic rings. The van der Waals surface area contributed by atoms with Gasteiger partial charge in [0.1, 0.15) is 0 Å². The summed E-state index contributed by atoms with van der Waals surface area (Å²) in [5.41, 5.74) is 0.737. The van der Waals surface area contributed by atoms with Crippen molar-refractivity contribution in [1.82, 2.24) is 4.90 Å². The topological polar surface area (TPSA) is 64.3 Å². The minimum Gasteiger partial charge on any atom is -0.396 e. The van der Waals surface area contributed by atoms with Crippen LogP contribution < -0.4 is 0 Å². The van der Waals surface area contributed by atoms with Crippen molar-refractivity contribution in [2.45, 2.75) is 19.3 Å². The summed E-state index contributed by atoms with van der Waals surface area (Å²) in [7, 11) is 0. The van der Waals surface area contributed by atoms with E-state index in [1.807, 2.05) is 6.07 Å². The van der Waals surface area contributed by atoms with Crippen molar-refractivity contribution in [1.29, 1.82) is 5.26 Å². The van der Waals surface area contributed by atoms with Crippen LogP contribution in [0.15, 0.2) is 36.9 Å². The summed E-state index contributed by atoms with van der Waals surface area (Å²) in [6, 6.07) is 8.80. The zero-order chi connectivity index (χ0) is 15.3. The molecule has 0 saturated carbocycles. The smallest absolute Gasteiger partial charge is 0.253 e. The van der Waals surface area contributed by atoms with Gasteiger partial charge in [-0.2, -0.15) is 5.26 Å². The van der Waals surface area contributed by atoms with Crippen molar-refractivity contribution in [3.8, 4) is 6.07 Å². The molecule has 1 aliphatic heterocycles. The molecule has 0 spiro atoms. The van der Waals surface area contributed by atoms with E-state index in [4.69, 9.17) is 5.26 Å². The number of piperidine rings is 1. The number of nitrogens with zero attached hydrogens (tertiary/aromatic N) is 2. The predicted molar refractivity (Wildman–Crippen MR) is 80.6 cm³/mol. The molecule has 0 aliphatic carbocycles. The van der Waals surface area contributed by atoms with E-state index < -0.39 is 0 Å². The third-order valence-electron chi connectivity index (χ3n) is 4.10. The molecule has 21 heavy (non-hydrogen) atoms. The molecule has 1 unspecified atom stereocenters. The highest BCUT2D eigenvalue weighted by Gasteiger charge is 2.35. The van der Waals surface area contributed by atoms with Gasteiger partial charge in [-0.25, -0.2) is 0 Å². The summed E-state index contributed by atoms with van der Waals surface area (Å²) >= 11 is 0. The molecule has 4 heteroatoms. The number of carbonyl (C=O) groups excluding carboxylic acids is 1. The summed E-state index contributed by atoms with van der Waals surface area (Å²) in [5.74, 6) is -0.0753. The Bertz CT molecular complexity index is 576. The zero-order valence-corrected chi connectivity index (χ0v) is 12.1. The fourth-order valence-electron chi connectivity index (χ4n) is 2.95. The van der Waals surface area contributed by atoms with Crippen LogP contribution in [0.1, 0.15) is 35.2 Å². The lowest BCUT2D eigenvalue weighted by Gasteiger charge is -2.41. The molecular formula is C17H20N2O2. The Labute approximate surface area is 125 Å². The summed E-state index contributed by atoms with van der Waals surface area (Å²) in [6.07, 6.45) is 4.28. The van der Waals surface area contributed by atoms with Crippen molar-refractivity contribution in [3.63, 3.8) is 0 Å². The van der Waals surface area contributed by atoms with Gasteiger partial charge in [-0.15, -0.1) is 6.58 Å². The minimum absolute atomic E-state index is 0.0566. The van der Waals surface area contributed by atoms with E-state index in [-0.39, 0.29) is 17.9 Å². The van der Waals surface area contributed by atoms with Crippen LogP contribution in [0.4, 0.5) is 0 Å². The predicted octanol–water partition coefficient (Wildman–Crippen LogP) is 2.35. The number of hydrogen-bond acceptors (Lipinski definition) is 3. The average Bonchev–Trinajstić information content (AvgIpc) is 2.54. The van der Waals surface area contributed by atoms with E-state index in [9.17, 15) is 9.90 Å². The Morgan fingerprint density at radius 3 is 3.05 bits per heavy atom. The summed E-state index contributed by atoms with van der Waals surface area (Å²) < 4.78 is 0. The summed E-state index contributed by atoms with van der Waals surface area (Å²) in [6.45, 7) is 5.03. The number of allylic oxidation sites excluding steroid dienone is 1. The number of aliphatic hydroxyl groups excluding tert-OH is 1. The van der Waals surface area contributed by atoms with E-state index in [0.29, 0.717) is 30.6 Å². The lowest BCUT2D eigenvalue weighted by atomic mass is 9.77. The first-order valence-electron chi connectivity index (χ1n) is 7.15. The van der Waals surface area contributed by atoms with Gasteiger partial charge in [-0.3, -0.25) is 4.79 Å². The van der Waals surface area contributed by atoms with E-state index in [1.165, 1.54) is 0 Å². The largest absolute Gasteiger partial charge is 0.396 e. The molecule has 1 fully saturated rings. The highest BCUT2D eigenvalue weighted by Crippen LogP contribution is 2.34. The second-order valence-electron chi connectivity index (χ2n) is 5.67. The van der Waals surface area contributed by atoms with Gasteiger partial charge in [0, 0.05) is 24.1 Å². The van der Waals surface area contributed by atoms with Crippen LogP contribution in [0.5, 0.6) is 0 Å². The normalized spacial score (nSPS) is 21.6. The molecule has 1 aliphatic rings. The molecule has 0 radical (unpaired) electrons.